The summed E-state index contributed by atoms with van der Waals surface area (Å²) in [5, 5.41) is 9.80. The average molecular weight is 306 g/mol. The van der Waals surface area contributed by atoms with Gasteiger partial charge < -0.3 is 14.3 Å². The Kier molecular flexibility index (Phi) is 3.15. The van der Waals surface area contributed by atoms with Crippen LogP contribution in [0.15, 0.2) is 76.1 Å². The molecular formula is C19H14O4. The third-order valence-electron chi connectivity index (χ3n) is 4.06. The molecule has 1 N–H and O–H groups in total. The van der Waals surface area contributed by atoms with E-state index >= 15 is 0 Å². The minimum atomic E-state index is -0.881. The first-order chi connectivity index (χ1) is 11.2. The lowest BCUT2D eigenvalue weighted by Crippen LogP contribution is -2.24. The fourth-order valence-electron chi connectivity index (χ4n) is 3.09. The van der Waals surface area contributed by atoms with Gasteiger partial charge in [-0.1, -0.05) is 24.3 Å². The summed E-state index contributed by atoms with van der Waals surface area (Å²) in [5.41, 5.74) is 2.29. The number of fused-ring (bicyclic) bond motifs is 1. The Morgan fingerprint density at radius 2 is 2.09 bits per heavy atom. The highest BCUT2D eigenvalue weighted by molar-refractivity contribution is 5.85. The Balaban J connectivity index is 1.88. The van der Waals surface area contributed by atoms with E-state index in [0.29, 0.717) is 34.8 Å². The standard InChI is InChI=1S/C19H14O4/c20-19(21)18-14-7-1-2-8-15(14)23-16-9-3-5-12(17(16)18)11-13-6-4-10-22-13/h1-4,6-11,18H,5H2,(H,20,21). The molecule has 0 spiro atoms. The van der Waals surface area contributed by atoms with E-state index < -0.39 is 11.9 Å². The molecule has 23 heavy (non-hydrogen) atoms. The molecule has 0 fully saturated rings. The molecule has 2 aliphatic rings. The largest absolute Gasteiger partial charge is 0.481 e. The zero-order chi connectivity index (χ0) is 15.8. The summed E-state index contributed by atoms with van der Waals surface area (Å²) < 4.78 is 11.3. The van der Waals surface area contributed by atoms with E-state index in [1.807, 2.05) is 42.5 Å². The van der Waals surface area contributed by atoms with E-state index in [1.165, 1.54) is 0 Å². The fraction of sp³-hybridized carbons (Fsp3) is 0.105. The van der Waals surface area contributed by atoms with Gasteiger partial charge in [0, 0.05) is 11.1 Å². The number of carboxylic acids is 1. The van der Waals surface area contributed by atoms with E-state index in [1.54, 1.807) is 18.4 Å². The molecule has 1 aromatic heterocycles. The van der Waals surface area contributed by atoms with Crippen molar-refractivity contribution in [2.45, 2.75) is 12.3 Å². The lowest BCUT2D eigenvalue weighted by Gasteiger charge is -2.30. The van der Waals surface area contributed by atoms with Crippen LogP contribution in [0.5, 0.6) is 5.75 Å². The quantitative estimate of drug-likeness (QED) is 0.906. The Morgan fingerprint density at radius 1 is 1.22 bits per heavy atom. The van der Waals surface area contributed by atoms with Crippen LogP contribution in [-0.4, -0.2) is 11.1 Å². The van der Waals surface area contributed by atoms with E-state index in [-0.39, 0.29) is 0 Å². The summed E-state index contributed by atoms with van der Waals surface area (Å²) in [6.45, 7) is 0. The second kappa shape index (κ2) is 5.32. The molecule has 1 unspecified atom stereocenters. The van der Waals surface area contributed by atoms with Crippen molar-refractivity contribution in [3.63, 3.8) is 0 Å². The Bertz CT molecular complexity index is 853. The van der Waals surface area contributed by atoms with Gasteiger partial charge in [0.15, 0.2) is 0 Å². The molecule has 4 heteroatoms. The SMILES string of the molecule is O=C(O)C1C2=C(C=CCC2=Cc2ccco2)Oc2ccccc21. The van der Waals surface area contributed by atoms with Gasteiger partial charge in [0.05, 0.1) is 6.26 Å². The highest BCUT2D eigenvalue weighted by atomic mass is 16.5. The number of para-hydroxylation sites is 1. The van der Waals surface area contributed by atoms with Crippen molar-refractivity contribution in [3.05, 3.63) is 83.0 Å². The van der Waals surface area contributed by atoms with Crippen LogP contribution in [0.4, 0.5) is 0 Å². The molecule has 1 aliphatic heterocycles. The van der Waals surface area contributed by atoms with Crippen LogP contribution in [0.2, 0.25) is 0 Å². The Hall–Kier alpha value is -3.01. The summed E-state index contributed by atoms with van der Waals surface area (Å²) in [4.78, 5) is 12.0. The number of aliphatic carboxylic acids is 1. The summed E-state index contributed by atoms with van der Waals surface area (Å²) in [7, 11) is 0. The van der Waals surface area contributed by atoms with Crippen molar-refractivity contribution in [1.29, 1.82) is 0 Å². The smallest absolute Gasteiger partial charge is 0.315 e. The van der Waals surface area contributed by atoms with Gasteiger partial charge in [-0.2, -0.15) is 0 Å². The topological polar surface area (TPSA) is 59.7 Å². The predicted molar refractivity (Wildman–Crippen MR) is 84.9 cm³/mol. The van der Waals surface area contributed by atoms with E-state index in [0.717, 1.165) is 5.57 Å². The van der Waals surface area contributed by atoms with Crippen molar-refractivity contribution in [2.24, 2.45) is 0 Å². The number of carbonyl (C=O) groups is 1. The number of hydrogen-bond acceptors (Lipinski definition) is 3. The normalized spacial score (nSPS) is 20.9. The van der Waals surface area contributed by atoms with Gasteiger partial charge in [0.25, 0.3) is 0 Å². The molecule has 4 nitrogen and oxygen atoms in total. The molecule has 0 amide bonds. The van der Waals surface area contributed by atoms with Crippen molar-refractivity contribution in [3.8, 4) is 5.75 Å². The first kappa shape index (κ1) is 13.6. The predicted octanol–water partition coefficient (Wildman–Crippen LogP) is 4.14. The summed E-state index contributed by atoms with van der Waals surface area (Å²) in [6.07, 6.45) is 7.95. The van der Waals surface area contributed by atoms with Gasteiger partial charge in [-0.3, -0.25) is 4.79 Å². The molecule has 0 saturated heterocycles. The summed E-state index contributed by atoms with van der Waals surface area (Å²) in [6, 6.07) is 10.9. The zero-order valence-electron chi connectivity index (χ0n) is 12.2. The van der Waals surface area contributed by atoms with Crippen molar-refractivity contribution >= 4 is 12.0 Å². The number of hydrogen-bond donors (Lipinski definition) is 1. The minimum Gasteiger partial charge on any atom is -0.481 e. The van der Waals surface area contributed by atoms with Crippen LogP contribution in [0.3, 0.4) is 0 Å². The number of ether oxygens (including phenoxy) is 1. The maximum absolute atomic E-state index is 12.0. The molecule has 1 aliphatic carbocycles. The van der Waals surface area contributed by atoms with Crippen LogP contribution < -0.4 is 4.74 Å². The Labute approximate surface area is 133 Å². The van der Waals surface area contributed by atoms with Gasteiger partial charge in [-0.25, -0.2) is 0 Å². The van der Waals surface area contributed by atoms with Gasteiger partial charge >= 0.3 is 5.97 Å². The third kappa shape index (κ3) is 2.28. The number of furan rings is 1. The fourth-order valence-corrected chi connectivity index (χ4v) is 3.09. The number of rotatable bonds is 2. The van der Waals surface area contributed by atoms with E-state index in [2.05, 4.69) is 0 Å². The number of carboxylic acid groups (broad SMARTS) is 1. The highest BCUT2D eigenvalue weighted by Crippen LogP contribution is 2.45. The lowest BCUT2D eigenvalue weighted by molar-refractivity contribution is -0.138. The second-order valence-electron chi connectivity index (χ2n) is 5.48. The number of benzene rings is 1. The van der Waals surface area contributed by atoms with Crippen molar-refractivity contribution < 1.29 is 19.1 Å². The van der Waals surface area contributed by atoms with Gasteiger partial charge in [-0.15, -0.1) is 0 Å². The van der Waals surface area contributed by atoms with Crippen LogP contribution >= 0.6 is 0 Å². The molecule has 2 aromatic rings. The lowest BCUT2D eigenvalue weighted by atomic mass is 9.80. The summed E-state index contributed by atoms with van der Waals surface area (Å²) >= 11 is 0. The van der Waals surface area contributed by atoms with Gasteiger partial charge in [0.1, 0.15) is 23.2 Å². The van der Waals surface area contributed by atoms with Gasteiger partial charge in [0.2, 0.25) is 0 Å². The molecule has 0 radical (unpaired) electrons. The molecule has 1 aromatic carbocycles. The van der Waals surface area contributed by atoms with Gasteiger partial charge in [-0.05, 0) is 42.3 Å². The molecular weight excluding hydrogens is 292 g/mol. The third-order valence-corrected chi connectivity index (χ3v) is 4.06. The first-order valence-electron chi connectivity index (χ1n) is 7.39. The number of allylic oxidation sites excluding steroid dienone is 3. The molecule has 2 heterocycles. The van der Waals surface area contributed by atoms with Crippen LogP contribution in [0.25, 0.3) is 6.08 Å². The van der Waals surface area contributed by atoms with E-state index in [9.17, 15) is 9.90 Å². The summed E-state index contributed by atoms with van der Waals surface area (Å²) in [5.74, 6) is 0.280. The average Bonchev–Trinajstić information content (AvgIpc) is 3.05. The molecule has 0 bridgehead atoms. The van der Waals surface area contributed by atoms with E-state index in [4.69, 9.17) is 9.15 Å². The maximum atomic E-state index is 12.0. The van der Waals surface area contributed by atoms with Crippen molar-refractivity contribution in [1.82, 2.24) is 0 Å². The maximum Gasteiger partial charge on any atom is 0.315 e. The first-order valence-corrected chi connectivity index (χ1v) is 7.39. The molecule has 4 rings (SSSR count). The Morgan fingerprint density at radius 3 is 2.87 bits per heavy atom. The monoisotopic (exact) mass is 306 g/mol. The van der Waals surface area contributed by atoms with Crippen LogP contribution in [0.1, 0.15) is 23.7 Å². The minimum absolute atomic E-state index is 0.597. The van der Waals surface area contributed by atoms with Crippen LogP contribution in [-0.2, 0) is 4.79 Å². The second-order valence-corrected chi connectivity index (χ2v) is 5.48. The van der Waals surface area contributed by atoms with Crippen molar-refractivity contribution in [2.75, 3.05) is 0 Å². The molecule has 114 valence electrons. The van der Waals surface area contributed by atoms with Crippen LogP contribution in [0, 0.1) is 0 Å². The zero-order valence-corrected chi connectivity index (χ0v) is 12.2. The molecule has 0 saturated carbocycles. The highest BCUT2D eigenvalue weighted by Gasteiger charge is 2.36. The molecule has 1 atom stereocenters.